The Hall–Kier alpha value is -2.11. The lowest BCUT2D eigenvalue weighted by Gasteiger charge is -2.40. The molecule has 3 aliphatic rings. The van der Waals surface area contributed by atoms with Crippen molar-refractivity contribution < 1.29 is 14.2 Å². The summed E-state index contributed by atoms with van der Waals surface area (Å²) in [6.45, 7) is 4.40. The smallest absolute Gasteiger partial charge is 0.145 e. The number of fused-ring (bicyclic) bond motifs is 2. The van der Waals surface area contributed by atoms with Gasteiger partial charge < -0.3 is 14.7 Å². The molecule has 2 heterocycles. The quantitative estimate of drug-likeness (QED) is 0.884. The fourth-order valence-corrected chi connectivity index (χ4v) is 4.83. The fraction of sp³-hybridized carbons (Fsp3) is 0.455. The number of benzene rings is 2. The van der Waals surface area contributed by atoms with Crippen LogP contribution in [0.3, 0.4) is 0 Å². The molecule has 1 fully saturated rings. The number of aryl methyl sites for hydroxylation is 1. The van der Waals surface area contributed by atoms with Crippen LogP contribution in [0, 0.1) is 5.82 Å². The van der Waals surface area contributed by atoms with E-state index < -0.39 is 6.10 Å². The van der Waals surface area contributed by atoms with Gasteiger partial charge in [-0.2, -0.15) is 0 Å². The molecule has 0 amide bonds. The number of anilines is 1. The van der Waals surface area contributed by atoms with Gasteiger partial charge in [-0.25, -0.2) is 4.39 Å². The van der Waals surface area contributed by atoms with Crippen LogP contribution in [0.4, 0.5) is 10.1 Å². The number of para-hydroxylation sites is 1. The molecule has 4 nitrogen and oxygen atoms in total. The molecule has 5 heteroatoms. The van der Waals surface area contributed by atoms with Gasteiger partial charge in [-0.05, 0) is 54.2 Å². The zero-order valence-electron chi connectivity index (χ0n) is 15.4. The number of rotatable bonds is 2. The first-order valence-electron chi connectivity index (χ1n) is 9.91. The van der Waals surface area contributed by atoms with Gasteiger partial charge in [-0.3, -0.25) is 4.90 Å². The fourth-order valence-electron chi connectivity index (χ4n) is 4.83. The minimum Gasteiger partial charge on any atom is -0.491 e. The van der Waals surface area contributed by atoms with Crippen molar-refractivity contribution in [3.63, 3.8) is 0 Å². The zero-order chi connectivity index (χ0) is 18.4. The van der Waals surface area contributed by atoms with Crippen molar-refractivity contribution in [3.05, 3.63) is 58.9 Å². The van der Waals surface area contributed by atoms with Gasteiger partial charge in [0.25, 0.3) is 0 Å². The summed E-state index contributed by atoms with van der Waals surface area (Å²) in [6, 6.07) is 11.2. The Balaban J connectivity index is 1.29. The SMILES string of the molecule is OC1c2ccc(F)cc2CC1N1CCN(c2cccc3c2OCCC3)CC1. The predicted octanol–water partition coefficient (Wildman–Crippen LogP) is 2.93. The number of ether oxygens (including phenoxy) is 1. The lowest BCUT2D eigenvalue weighted by atomic mass is 10.0. The van der Waals surface area contributed by atoms with Crippen molar-refractivity contribution in [2.24, 2.45) is 0 Å². The molecule has 2 aromatic rings. The molecule has 0 spiro atoms. The third-order valence-corrected chi connectivity index (χ3v) is 6.25. The highest BCUT2D eigenvalue weighted by molar-refractivity contribution is 5.63. The largest absolute Gasteiger partial charge is 0.491 e. The molecule has 0 radical (unpaired) electrons. The maximum absolute atomic E-state index is 13.5. The molecule has 2 unspecified atom stereocenters. The van der Waals surface area contributed by atoms with E-state index in [-0.39, 0.29) is 11.9 Å². The van der Waals surface area contributed by atoms with Crippen LogP contribution in [-0.2, 0) is 12.8 Å². The summed E-state index contributed by atoms with van der Waals surface area (Å²) in [5.74, 6) is 0.834. The van der Waals surface area contributed by atoms with Crippen LogP contribution in [0.1, 0.15) is 29.2 Å². The summed E-state index contributed by atoms with van der Waals surface area (Å²) in [4.78, 5) is 4.75. The third-order valence-electron chi connectivity index (χ3n) is 6.25. The molecule has 0 bridgehead atoms. The Morgan fingerprint density at radius 1 is 1.04 bits per heavy atom. The molecule has 1 N–H and O–H groups in total. The number of nitrogens with zero attached hydrogens (tertiary/aromatic N) is 2. The van der Waals surface area contributed by atoms with E-state index in [1.165, 1.54) is 17.3 Å². The van der Waals surface area contributed by atoms with Gasteiger partial charge in [0.15, 0.2) is 0 Å². The second-order valence-electron chi connectivity index (χ2n) is 7.80. The molecule has 2 atom stereocenters. The van der Waals surface area contributed by atoms with Crippen molar-refractivity contribution in [1.82, 2.24) is 4.90 Å². The van der Waals surface area contributed by atoms with Gasteiger partial charge in [-0.15, -0.1) is 0 Å². The number of halogens is 1. The van der Waals surface area contributed by atoms with E-state index in [9.17, 15) is 9.50 Å². The number of hydrogen-bond acceptors (Lipinski definition) is 4. The van der Waals surface area contributed by atoms with Crippen molar-refractivity contribution in [3.8, 4) is 5.75 Å². The first-order chi connectivity index (χ1) is 13.2. The van der Waals surface area contributed by atoms with Crippen molar-refractivity contribution in [1.29, 1.82) is 0 Å². The number of piperazine rings is 1. The monoisotopic (exact) mass is 368 g/mol. The van der Waals surface area contributed by atoms with Gasteiger partial charge >= 0.3 is 0 Å². The molecule has 142 valence electrons. The number of aliphatic hydroxyl groups excluding tert-OH is 1. The maximum atomic E-state index is 13.5. The van der Waals surface area contributed by atoms with E-state index in [4.69, 9.17) is 4.74 Å². The number of hydrogen-bond donors (Lipinski definition) is 1. The molecule has 0 saturated carbocycles. The molecule has 5 rings (SSSR count). The maximum Gasteiger partial charge on any atom is 0.145 e. The standard InChI is InChI=1S/C22H25FN2O2/c23-17-6-7-18-16(13-17)14-20(21(18)26)25-10-8-24(9-11-25)19-5-1-3-15-4-2-12-27-22(15)19/h1,3,5-7,13,20-21,26H,2,4,8-12,14H2. The lowest BCUT2D eigenvalue weighted by molar-refractivity contribution is 0.0571. The average molecular weight is 368 g/mol. The third kappa shape index (κ3) is 2.99. The Morgan fingerprint density at radius 2 is 1.89 bits per heavy atom. The van der Waals surface area contributed by atoms with E-state index in [0.29, 0.717) is 0 Å². The van der Waals surface area contributed by atoms with Crippen LogP contribution < -0.4 is 9.64 Å². The molecule has 0 aromatic heterocycles. The van der Waals surface area contributed by atoms with Crippen molar-refractivity contribution in [2.75, 3.05) is 37.7 Å². The molecular formula is C22H25FN2O2. The first-order valence-corrected chi connectivity index (χ1v) is 9.91. The minimum absolute atomic E-state index is 0.0462. The molecule has 1 saturated heterocycles. The van der Waals surface area contributed by atoms with Crippen LogP contribution in [0.15, 0.2) is 36.4 Å². The first kappa shape index (κ1) is 17.0. The van der Waals surface area contributed by atoms with Crippen LogP contribution in [0.5, 0.6) is 5.75 Å². The van der Waals surface area contributed by atoms with E-state index in [1.54, 1.807) is 12.1 Å². The lowest BCUT2D eigenvalue weighted by Crippen LogP contribution is -2.51. The summed E-state index contributed by atoms with van der Waals surface area (Å²) in [6.07, 6.45) is 2.37. The Bertz CT molecular complexity index is 848. The predicted molar refractivity (Wildman–Crippen MR) is 103 cm³/mol. The van der Waals surface area contributed by atoms with Crippen LogP contribution >= 0.6 is 0 Å². The Labute approximate surface area is 159 Å². The highest BCUT2D eigenvalue weighted by Crippen LogP contribution is 2.38. The molecule has 27 heavy (non-hydrogen) atoms. The summed E-state index contributed by atoms with van der Waals surface area (Å²) >= 11 is 0. The van der Waals surface area contributed by atoms with Gasteiger partial charge in [-0.1, -0.05) is 18.2 Å². The second kappa shape index (κ2) is 6.80. The summed E-state index contributed by atoms with van der Waals surface area (Å²) in [5, 5.41) is 10.7. The van der Waals surface area contributed by atoms with Gasteiger partial charge in [0, 0.05) is 32.2 Å². The van der Waals surface area contributed by atoms with Crippen LogP contribution in [-0.4, -0.2) is 48.8 Å². The highest BCUT2D eigenvalue weighted by Gasteiger charge is 2.37. The molecular weight excluding hydrogens is 343 g/mol. The van der Waals surface area contributed by atoms with Crippen molar-refractivity contribution >= 4 is 5.69 Å². The van der Waals surface area contributed by atoms with E-state index in [0.717, 1.165) is 68.9 Å². The summed E-state index contributed by atoms with van der Waals surface area (Å²) in [5.41, 5.74) is 4.34. The topological polar surface area (TPSA) is 35.9 Å². The minimum atomic E-state index is -0.528. The van der Waals surface area contributed by atoms with Gasteiger partial charge in [0.1, 0.15) is 11.6 Å². The molecule has 2 aromatic carbocycles. The van der Waals surface area contributed by atoms with Crippen LogP contribution in [0.25, 0.3) is 0 Å². The highest BCUT2D eigenvalue weighted by atomic mass is 19.1. The van der Waals surface area contributed by atoms with Crippen LogP contribution in [0.2, 0.25) is 0 Å². The van der Waals surface area contributed by atoms with E-state index in [2.05, 4.69) is 28.0 Å². The molecule has 2 aliphatic heterocycles. The van der Waals surface area contributed by atoms with Gasteiger partial charge in [0.2, 0.25) is 0 Å². The summed E-state index contributed by atoms with van der Waals surface area (Å²) < 4.78 is 19.5. The zero-order valence-corrected chi connectivity index (χ0v) is 15.4. The molecule has 1 aliphatic carbocycles. The van der Waals surface area contributed by atoms with Gasteiger partial charge in [0.05, 0.1) is 18.4 Å². The Kier molecular flexibility index (Phi) is 4.29. The van der Waals surface area contributed by atoms with E-state index >= 15 is 0 Å². The summed E-state index contributed by atoms with van der Waals surface area (Å²) in [7, 11) is 0. The number of aliphatic hydroxyl groups is 1. The van der Waals surface area contributed by atoms with E-state index in [1.807, 2.05) is 0 Å². The second-order valence-corrected chi connectivity index (χ2v) is 7.80. The average Bonchev–Trinajstić information content (AvgIpc) is 3.03. The van der Waals surface area contributed by atoms with Crippen molar-refractivity contribution in [2.45, 2.75) is 31.4 Å². The normalized spacial score (nSPS) is 25.0. The Morgan fingerprint density at radius 3 is 2.74 bits per heavy atom.